The van der Waals surface area contributed by atoms with E-state index in [0.29, 0.717) is 6.61 Å². The molecular formula is C17H15NO. The van der Waals surface area contributed by atoms with E-state index in [4.69, 9.17) is 4.74 Å². The molecule has 0 saturated carbocycles. The number of ether oxygens (including phenoxy) is 1. The van der Waals surface area contributed by atoms with Crippen molar-refractivity contribution >= 4 is 10.8 Å². The molecule has 0 fully saturated rings. The molecule has 1 heterocycles. The molecule has 0 radical (unpaired) electrons. The van der Waals surface area contributed by atoms with Gasteiger partial charge in [0.25, 0.3) is 0 Å². The van der Waals surface area contributed by atoms with Gasteiger partial charge in [0, 0.05) is 17.8 Å². The van der Waals surface area contributed by atoms with Gasteiger partial charge in [-0.2, -0.15) is 0 Å². The summed E-state index contributed by atoms with van der Waals surface area (Å²) in [5.74, 6) is 0.903. The minimum Gasteiger partial charge on any atom is -0.489 e. The molecule has 0 atom stereocenters. The summed E-state index contributed by atoms with van der Waals surface area (Å²) in [6.45, 7) is 2.68. The van der Waals surface area contributed by atoms with E-state index in [1.807, 2.05) is 36.7 Å². The van der Waals surface area contributed by atoms with E-state index in [0.717, 1.165) is 11.1 Å². The number of hydrogen-bond donors (Lipinski definition) is 0. The Hall–Kier alpha value is -2.35. The van der Waals surface area contributed by atoms with Crippen LogP contribution >= 0.6 is 0 Å². The largest absolute Gasteiger partial charge is 0.489 e. The highest BCUT2D eigenvalue weighted by Crippen LogP contribution is 2.24. The second-order valence-electron chi connectivity index (χ2n) is 4.61. The summed E-state index contributed by atoms with van der Waals surface area (Å²) < 4.78 is 5.86. The number of nitrogens with zero attached hydrogens (tertiary/aromatic N) is 1. The van der Waals surface area contributed by atoms with Crippen LogP contribution in [-0.4, -0.2) is 4.98 Å². The Bertz CT molecular complexity index is 692. The molecule has 0 spiro atoms. The van der Waals surface area contributed by atoms with Crippen molar-refractivity contribution in [2.24, 2.45) is 0 Å². The van der Waals surface area contributed by atoms with E-state index in [2.05, 4.69) is 36.2 Å². The fourth-order valence-electron chi connectivity index (χ4n) is 2.17. The lowest BCUT2D eigenvalue weighted by Gasteiger charge is -2.09. The summed E-state index contributed by atoms with van der Waals surface area (Å²) in [5, 5.41) is 2.34. The van der Waals surface area contributed by atoms with Crippen LogP contribution in [0.3, 0.4) is 0 Å². The maximum absolute atomic E-state index is 5.86. The summed E-state index contributed by atoms with van der Waals surface area (Å²) in [5.41, 5.74) is 2.36. The Balaban J connectivity index is 1.85. The van der Waals surface area contributed by atoms with Gasteiger partial charge < -0.3 is 4.74 Å². The van der Waals surface area contributed by atoms with Crippen LogP contribution in [0.2, 0.25) is 0 Å². The van der Waals surface area contributed by atoms with E-state index in [-0.39, 0.29) is 0 Å². The summed E-state index contributed by atoms with van der Waals surface area (Å²) in [4.78, 5) is 4.16. The number of pyridine rings is 1. The van der Waals surface area contributed by atoms with Gasteiger partial charge in [-0.3, -0.25) is 4.98 Å². The van der Waals surface area contributed by atoms with E-state index >= 15 is 0 Å². The zero-order valence-corrected chi connectivity index (χ0v) is 10.8. The zero-order valence-electron chi connectivity index (χ0n) is 10.8. The minimum absolute atomic E-state index is 0.594. The van der Waals surface area contributed by atoms with Gasteiger partial charge in [-0.1, -0.05) is 30.3 Å². The zero-order chi connectivity index (χ0) is 13.1. The van der Waals surface area contributed by atoms with Crippen LogP contribution in [0.5, 0.6) is 5.75 Å². The highest BCUT2D eigenvalue weighted by atomic mass is 16.5. The fraction of sp³-hybridized carbons (Fsp3) is 0.118. The third kappa shape index (κ3) is 2.58. The van der Waals surface area contributed by atoms with Crippen molar-refractivity contribution in [1.29, 1.82) is 0 Å². The standard InChI is InChI=1S/C17H15NO/c1-13-9-16(10-15-7-8-18-11-17(13)15)19-12-14-5-3-2-4-6-14/h2-11H,12H2,1H3. The monoisotopic (exact) mass is 249 g/mol. The fourth-order valence-corrected chi connectivity index (χ4v) is 2.17. The second-order valence-corrected chi connectivity index (χ2v) is 4.61. The van der Waals surface area contributed by atoms with E-state index in [1.165, 1.54) is 16.5 Å². The number of fused-ring (bicyclic) bond motifs is 1. The normalized spacial score (nSPS) is 10.6. The number of aromatic nitrogens is 1. The smallest absolute Gasteiger partial charge is 0.120 e. The van der Waals surface area contributed by atoms with Crippen molar-refractivity contribution in [2.75, 3.05) is 0 Å². The number of hydrogen-bond acceptors (Lipinski definition) is 2. The van der Waals surface area contributed by atoms with Gasteiger partial charge in [0.1, 0.15) is 12.4 Å². The van der Waals surface area contributed by atoms with Crippen LogP contribution in [0.4, 0.5) is 0 Å². The molecule has 0 saturated heterocycles. The topological polar surface area (TPSA) is 22.1 Å². The maximum Gasteiger partial charge on any atom is 0.120 e. The lowest BCUT2D eigenvalue weighted by atomic mass is 10.1. The van der Waals surface area contributed by atoms with Gasteiger partial charge in [-0.25, -0.2) is 0 Å². The van der Waals surface area contributed by atoms with E-state index in [1.54, 1.807) is 0 Å². The molecule has 0 amide bonds. The molecule has 0 N–H and O–H groups in total. The second kappa shape index (κ2) is 5.11. The molecule has 19 heavy (non-hydrogen) atoms. The lowest BCUT2D eigenvalue weighted by Crippen LogP contribution is -1.95. The Kier molecular flexibility index (Phi) is 3.15. The van der Waals surface area contributed by atoms with Gasteiger partial charge in [0.15, 0.2) is 0 Å². The Morgan fingerprint density at radius 3 is 2.74 bits per heavy atom. The lowest BCUT2D eigenvalue weighted by molar-refractivity contribution is 0.306. The van der Waals surface area contributed by atoms with E-state index < -0.39 is 0 Å². The molecule has 1 aromatic heterocycles. The molecule has 3 rings (SSSR count). The molecule has 3 aromatic rings. The van der Waals surface area contributed by atoms with E-state index in [9.17, 15) is 0 Å². The predicted octanol–water partition coefficient (Wildman–Crippen LogP) is 4.12. The minimum atomic E-state index is 0.594. The third-order valence-electron chi connectivity index (χ3n) is 3.18. The first-order valence-electron chi connectivity index (χ1n) is 6.34. The van der Waals surface area contributed by atoms with Gasteiger partial charge in [-0.05, 0) is 41.6 Å². The predicted molar refractivity (Wildman–Crippen MR) is 77.3 cm³/mol. The van der Waals surface area contributed by atoms with Crippen molar-refractivity contribution in [3.05, 3.63) is 72.1 Å². The summed E-state index contributed by atoms with van der Waals surface area (Å²) >= 11 is 0. The summed E-state index contributed by atoms with van der Waals surface area (Å²) in [6.07, 6.45) is 3.70. The van der Waals surface area contributed by atoms with Gasteiger partial charge in [0.2, 0.25) is 0 Å². The van der Waals surface area contributed by atoms with Crippen molar-refractivity contribution in [3.63, 3.8) is 0 Å². The molecule has 94 valence electrons. The molecule has 0 aliphatic heterocycles. The van der Waals surface area contributed by atoms with Crippen LogP contribution in [0.1, 0.15) is 11.1 Å². The van der Waals surface area contributed by atoms with Crippen molar-refractivity contribution in [2.45, 2.75) is 13.5 Å². The highest BCUT2D eigenvalue weighted by Gasteiger charge is 2.02. The quantitative estimate of drug-likeness (QED) is 0.696. The molecule has 0 bridgehead atoms. The summed E-state index contributed by atoms with van der Waals surface area (Å²) in [7, 11) is 0. The van der Waals surface area contributed by atoms with Gasteiger partial charge >= 0.3 is 0 Å². The molecule has 2 heteroatoms. The molecular weight excluding hydrogens is 234 g/mol. The van der Waals surface area contributed by atoms with Gasteiger partial charge in [0.05, 0.1) is 0 Å². The van der Waals surface area contributed by atoms with Crippen molar-refractivity contribution < 1.29 is 4.74 Å². The van der Waals surface area contributed by atoms with Crippen LogP contribution in [0.25, 0.3) is 10.8 Å². The average molecular weight is 249 g/mol. The Morgan fingerprint density at radius 1 is 1.05 bits per heavy atom. The first-order chi connectivity index (χ1) is 9.33. The van der Waals surface area contributed by atoms with Crippen LogP contribution in [0.15, 0.2) is 60.9 Å². The number of benzene rings is 2. The van der Waals surface area contributed by atoms with Crippen molar-refractivity contribution in [1.82, 2.24) is 4.98 Å². The van der Waals surface area contributed by atoms with Crippen molar-refractivity contribution in [3.8, 4) is 5.75 Å². The molecule has 0 aliphatic rings. The van der Waals surface area contributed by atoms with Crippen LogP contribution < -0.4 is 4.74 Å². The van der Waals surface area contributed by atoms with Gasteiger partial charge in [-0.15, -0.1) is 0 Å². The molecule has 0 aliphatic carbocycles. The molecule has 2 nitrogen and oxygen atoms in total. The van der Waals surface area contributed by atoms with Crippen LogP contribution in [-0.2, 0) is 6.61 Å². The average Bonchev–Trinajstić information content (AvgIpc) is 2.46. The number of rotatable bonds is 3. The molecule has 0 unspecified atom stereocenters. The molecule has 2 aromatic carbocycles. The maximum atomic E-state index is 5.86. The SMILES string of the molecule is Cc1cc(OCc2ccccc2)cc2ccncc12. The number of aryl methyl sites for hydroxylation is 1. The Labute approximate surface area is 112 Å². The highest BCUT2D eigenvalue weighted by molar-refractivity contribution is 5.86. The summed E-state index contributed by atoms with van der Waals surface area (Å²) in [6, 6.07) is 16.3. The third-order valence-corrected chi connectivity index (χ3v) is 3.18. The Morgan fingerprint density at radius 2 is 1.89 bits per heavy atom. The first kappa shape index (κ1) is 11.7. The first-order valence-corrected chi connectivity index (χ1v) is 6.34. The van der Waals surface area contributed by atoms with Crippen LogP contribution in [0, 0.1) is 6.92 Å².